The van der Waals surface area contributed by atoms with Crippen LogP contribution in [0.3, 0.4) is 0 Å². The Bertz CT molecular complexity index is 1510. The molecule has 6 nitrogen and oxygen atoms in total. The Hall–Kier alpha value is -4.46. The third-order valence-electron chi connectivity index (χ3n) is 4.89. The van der Waals surface area contributed by atoms with E-state index in [1.165, 1.54) is 30.3 Å². The molecule has 0 fully saturated rings. The molecule has 0 aliphatic carbocycles. The van der Waals surface area contributed by atoms with Gasteiger partial charge < -0.3 is 13.9 Å². The van der Waals surface area contributed by atoms with Crippen LogP contribution in [0, 0.1) is 11.6 Å². The van der Waals surface area contributed by atoms with Gasteiger partial charge in [0, 0.05) is 17.8 Å². The first-order valence-electron chi connectivity index (χ1n) is 9.97. The smallest absolute Gasteiger partial charge is 0.235 e. The molecule has 0 saturated carbocycles. The van der Waals surface area contributed by atoms with E-state index in [-0.39, 0.29) is 29.3 Å². The fourth-order valence-corrected chi connectivity index (χ4v) is 3.26. The Morgan fingerprint density at radius 2 is 1.85 bits per heavy atom. The van der Waals surface area contributed by atoms with Gasteiger partial charge >= 0.3 is 0 Å². The predicted molar refractivity (Wildman–Crippen MR) is 117 cm³/mol. The highest BCUT2D eigenvalue weighted by molar-refractivity contribution is 5.79. The van der Waals surface area contributed by atoms with Gasteiger partial charge in [0.1, 0.15) is 30.0 Å². The third-order valence-corrected chi connectivity index (χ3v) is 4.89. The van der Waals surface area contributed by atoms with Gasteiger partial charge in [-0.05, 0) is 42.5 Å². The Morgan fingerprint density at radius 1 is 0.970 bits per heavy atom. The summed E-state index contributed by atoms with van der Waals surface area (Å²) in [7, 11) is 0. The van der Waals surface area contributed by atoms with Gasteiger partial charge in [-0.1, -0.05) is 18.2 Å². The number of ether oxygens (including phenoxy) is 2. The van der Waals surface area contributed by atoms with Crippen molar-refractivity contribution in [3.8, 4) is 22.9 Å². The molecule has 33 heavy (non-hydrogen) atoms. The van der Waals surface area contributed by atoms with E-state index >= 15 is 0 Å². The molecule has 0 saturated heterocycles. The molecule has 164 valence electrons. The highest BCUT2D eigenvalue weighted by Crippen LogP contribution is 2.26. The second-order valence-corrected chi connectivity index (χ2v) is 7.18. The number of benzene rings is 3. The Kier molecular flexibility index (Phi) is 5.32. The molecule has 0 spiro atoms. The van der Waals surface area contributed by atoms with Gasteiger partial charge in [0.2, 0.25) is 11.2 Å². The fraction of sp³-hybridized carbons (Fsp3) is 0.0400. The number of hydrogen-bond donors (Lipinski definition) is 0. The molecular formula is C25H16F2N2O4. The lowest BCUT2D eigenvalue weighted by Crippen LogP contribution is -2.05. The summed E-state index contributed by atoms with van der Waals surface area (Å²) in [6, 6.07) is 16.7. The number of hydrogen-bond acceptors (Lipinski definition) is 5. The number of nitrogens with zero attached hydrogens (tertiary/aromatic N) is 2. The van der Waals surface area contributed by atoms with E-state index in [1.54, 1.807) is 53.5 Å². The van der Waals surface area contributed by atoms with E-state index in [9.17, 15) is 13.6 Å². The summed E-state index contributed by atoms with van der Waals surface area (Å²) in [4.78, 5) is 12.7. The van der Waals surface area contributed by atoms with Crippen LogP contribution in [0.2, 0.25) is 0 Å². The zero-order valence-corrected chi connectivity index (χ0v) is 17.1. The van der Waals surface area contributed by atoms with Crippen molar-refractivity contribution in [2.45, 2.75) is 6.61 Å². The molecule has 0 unspecified atom stereocenters. The lowest BCUT2D eigenvalue weighted by Gasteiger charge is -2.08. The predicted octanol–water partition coefficient (Wildman–Crippen LogP) is 5.63. The molecule has 8 heteroatoms. The van der Waals surface area contributed by atoms with Gasteiger partial charge in [0.25, 0.3) is 0 Å². The summed E-state index contributed by atoms with van der Waals surface area (Å²) in [5.74, 6) is -0.636. The Morgan fingerprint density at radius 3 is 2.70 bits per heavy atom. The molecule has 0 radical (unpaired) electrons. The minimum Gasteiger partial charge on any atom is -0.489 e. The average molecular weight is 446 g/mol. The maximum atomic E-state index is 13.8. The SMILES string of the molecule is O=c1c(Oc2ccccc2F)coc2cc(OCc3cnn(-c4cccc(F)c4)c3)ccc12. The topological polar surface area (TPSA) is 66.5 Å². The molecule has 2 aromatic heterocycles. The van der Waals surface area contributed by atoms with E-state index in [4.69, 9.17) is 13.9 Å². The largest absolute Gasteiger partial charge is 0.489 e. The van der Waals surface area contributed by atoms with Crippen molar-refractivity contribution in [1.29, 1.82) is 0 Å². The van der Waals surface area contributed by atoms with Crippen molar-refractivity contribution in [2.75, 3.05) is 0 Å². The van der Waals surface area contributed by atoms with Crippen molar-refractivity contribution < 1.29 is 22.7 Å². The number of halogens is 2. The standard InChI is InChI=1S/C25H16F2N2O4/c26-17-4-3-5-18(10-17)29-13-16(12-28-29)14-31-19-8-9-20-23(11-19)32-15-24(25(20)30)33-22-7-2-1-6-21(22)27/h1-13,15H,14H2. The van der Waals surface area contributed by atoms with Crippen molar-refractivity contribution >= 4 is 11.0 Å². The zero-order chi connectivity index (χ0) is 22.8. The molecular weight excluding hydrogens is 430 g/mol. The first kappa shape index (κ1) is 20.4. The van der Waals surface area contributed by atoms with Crippen molar-refractivity contribution in [1.82, 2.24) is 9.78 Å². The second kappa shape index (κ2) is 8.58. The second-order valence-electron chi connectivity index (χ2n) is 7.18. The molecule has 5 rings (SSSR count). The molecule has 2 heterocycles. The number of fused-ring (bicyclic) bond motifs is 1. The molecule has 0 bridgehead atoms. The average Bonchev–Trinajstić information content (AvgIpc) is 3.30. The van der Waals surface area contributed by atoms with Crippen molar-refractivity contribution in [3.63, 3.8) is 0 Å². The molecule has 0 atom stereocenters. The van der Waals surface area contributed by atoms with E-state index in [1.807, 2.05) is 0 Å². The van der Waals surface area contributed by atoms with Crippen LogP contribution in [0.4, 0.5) is 8.78 Å². The summed E-state index contributed by atoms with van der Waals surface area (Å²) in [6.45, 7) is 0.208. The number of aromatic nitrogens is 2. The minimum atomic E-state index is -0.582. The van der Waals surface area contributed by atoms with Gasteiger partial charge in [-0.3, -0.25) is 4.79 Å². The van der Waals surface area contributed by atoms with Crippen LogP contribution >= 0.6 is 0 Å². The Balaban J connectivity index is 1.32. The van der Waals surface area contributed by atoms with E-state index in [2.05, 4.69) is 5.10 Å². The van der Waals surface area contributed by atoms with Crippen molar-refractivity contribution in [3.05, 3.63) is 113 Å². The minimum absolute atomic E-state index is 0.0668. The summed E-state index contributed by atoms with van der Waals surface area (Å²) in [5, 5.41) is 4.49. The van der Waals surface area contributed by atoms with Crippen LogP contribution < -0.4 is 14.9 Å². The molecule has 0 amide bonds. The quantitative estimate of drug-likeness (QED) is 0.338. The number of rotatable bonds is 6. The summed E-state index contributed by atoms with van der Waals surface area (Å²) in [6.07, 6.45) is 4.50. The van der Waals surface area contributed by atoms with Gasteiger partial charge in [-0.15, -0.1) is 0 Å². The molecule has 3 aromatic carbocycles. The zero-order valence-electron chi connectivity index (χ0n) is 17.1. The van der Waals surface area contributed by atoms with Crippen LogP contribution in [0.1, 0.15) is 5.56 Å². The highest BCUT2D eigenvalue weighted by atomic mass is 19.1. The maximum absolute atomic E-state index is 13.8. The van der Waals surface area contributed by atoms with Crippen LogP contribution in [-0.2, 0) is 6.61 Å². The normalized spacial score (nSPS) is 11.0. The Labute approximate surface area is 186 Å². The first-order chi connectivity index (χ1) is 16.1. The van der Waals surface area contributed by atoms with Gasteiger partial charge in [0.05, 0.1) is 17.3 Å². The monoisotopic (exact) mass is 446 g/mol. The highest BCUT2D eigenvalue weighted by Gasteiger charge is 2.12. The summed E-state index contributed by atoms with van der Waals surface area (Å²) >= 11 is 0. The number of para-hydroxylation sites is 1. The third kappa shape index (κ3) is 4.31. The van der Waals surface area contributed by atoms with E-state index < -0.39 is 11.2 Å². The molecule has 0 aliphatic heterocycles. The van der Waals surface area contributed by atoms with Crippen LogP contribution in [0.5, 0.6) is 17.2 Å². The summed E-state index contributed by atoms with van der Waals surface area (Å²) in [5.41, 5.74) is 1.24. The lowest BCUT2D eigenvalue weighted by atomic mass is 10.2. The van der Waals surface area contributed by atoms with E-state index in [0.717, 1.165) is 11.8 Å². The van der Waals surface area contributed by atoms with Crippen LogP contribution in [0.15, 0.2) is 94.6 Å². The molecule has 5 aromatic rings. The van der Waals surface area contributed by atoms with Gasteiger partial charge in [-0.2, -0.15) is 5.10 Å². The maximum Gasteiger partial charge on any atom is 0.235 e. The van der Waals surface area contributed by atoms with Gasteiger partial charge in [0.15, 0.2) is 11.6 Å². The lowest BCUT2D eigenvalue weighted by molar-refractivity contribution is 0.306. The molecule has 0 N–H and O–H groups in total. The first-order valence-corrected chi connectivity index (χ1v) is 9.97. The summed E-state index contributed by atoms with van der Waals surface area (Å²) < 4.78 is 45.5. The van der Waals surface area contributed by atoms with Crippen molar-refractivity contribution in [2.24, 2.45) is 0 Å². The van der Waals surface area contributed by atoms with E-state index in [0.29, 0.717) is 17.0 Å². The van der Waals surface area contributed by atoms with Crippen LogP contribution in [-0.4, -0.2) is 9.78 Å². The fourth-order valence-electron chi connectivity index (χ4n) is 3.26. The van der Waals surface area contributed by atoms with Gasteiger partial charge in [-0.25, -0.2) is 13.5 Å². The molecule has 0 aliphatic rings. The van der Waals surface area contributed by atoms with Crippen LogP contribution in [0.25, 0.3) is 16.7 Å².